The fourth-order valence-corrected chi connectivity index (χ4v) is 2.31. The number of carbonyl (C=O) groups is 1. The monoisotopic (exact) mass is 250 g/mol. The minimum atomic E-state index is -0.981. The molecule has 2 heterocycles. The van der Waals surface area contributed by atoms with Gasteiger partial charge in [0, 0.05) is 19.3 Å². The van der Waals surface area contributed by atoms with Gasteiger partial charge in [0.05, 0.1) is 0 Å². The zero-order valence-corrected chi connectivity index (χ0v) is 10.7. The summed E-state index contributed by atoms with van der Waals surface area (Å²) < 4.78 is 0. The summed E-state index contributed by atoms with van der Waals surface area (Å²) in [5, 5.41) is 9.14. The standard InChI is InChI=1S/C12H18N4O2/c1-15-5-3-9(4-6-15)16(2)11-10(12(17)18)7-13-8-14-11/h7-9H,3-6H2,1-2H3,(H,17,18). The van der Waals surface area contributed by atoms with E-state index in [4.69, 9.17) is 5.11 Å². The van der Waals surface area contributed by atoms with Gasteiger partial charge in [-0.05, 0) is 33.0 Å². The van der Waals surface area contributed by atoms with E-state index in [2.05, 4.69) is 21.9 Å². The highest BCUT2D eigenvalue weighted by molar-refractivity contribution is 5.92. The first-order valence-corrected chi connectivity index (χ1v) is 6.04. The largest absolute Gasteiger partial charge is 0.477 e. The summed E-state index contributed by atoms with van der Waals surface area (Å²) in [4.78, 5) is 23.3. The number of hydrogen-bond acceptors (Lipinski definition) is 5. The SMILES string of the molecule is CN1CCC(N(C)c2ncncc2C(=O)O)CC1. The Morgan fingerprint density at radius 3 is 2.78 bits per heavy atom. The van der Waals surface area contributed by atoms with Crippen molar-refractivity contribution < 1.29 is 9.90 Å². The van der Waals surface area contributed by atoms with Crippen LogP contribution in [0.2, 0.25) is 0 Å². The lowest BCUT2D eigenvalue weighted by atomic mass is 10.0. The molecule has 18 heavy (non-hydrogen) atoms. The fraction of sp³-hybridized carbons (Fsp3) is 0.583. The van der Waals surface area contributed by atoms with Crippen LogP contribution in [0.3, 0.4) is 0 Å². The average molecular weight is 250 g/mol. The summed E-state index contributed by atoms with van der Waals surface area (Å²) in [5.41, 5.74) is 0.166. The first-order chi connectivity index (χ1) is 8.59. The highest BCUT2D eigenvalue weighted by Gasteiger charge is 2.24. The number of aromatic carboxylic acids is 1. The number of carboxylic acids is 1. The molecule has 6 heteroatoms. The van der Waals surface area contributed by atoms with E-state index < -0.39 is 5.97 Å². The molecule has 1 aromatic heterocycles. The fourth-order valence-electron chi connectivity index (χ4n) is 2.31. The van der Waals surface area contributed by atoms with Crippen LogP contribution in [-0.2, 0) is 0 Å². The van der Waals surface area contributed by atoms with E-state index in [0.717, 1.165) is 25.9 Å². The highest BCUT2D eigenvalue weighted by atomic mass is 16.4. The number of hydrogen-bond donors (Lipinski definition) is 1. The zero-order chi connectivity index (χ0) is 13.1. The molecule has 0 aromatic carbocycles. The number of aromatic nitrogens is 2. The summed E-state index contributed by atoms with van der Waals surface area (Å²) >= 11 is 0. The molecule has 1 saturated heterocycles. The maximum Gasteiger partial charge on any atom is 0.341 e. The molecule has 0 amide bonds. The predicted octanol–water partition coefficient (Wildman–Crippen LogP) is 0.705. The molecule has 1 fully saturated rings. The second-order valence-electron chi connectivity index (χ2n) is 4.71. The van der Waals surface area contributed by atoms with E-state index in [-0.39, 0.29) is 5.56 Å². The number of likely N-dealkylation sites (tertiary alicyclic amines) is 1. The topological polar surface area (TPSA) is 69.6 Å². The van der Waals surface area contributed by atoms with Crippen molar-refractivity contribution in [2.45, 2.75) is 18.9 Å². The number of piperidine rings is 1. The van der Waals surface area contributed by atoms with E-state index in [1.807, 2.05) is 11.9 Å². The van der Waals surface area contributed by atoms with Gasteiger partial charge in [-0.15, -0.1) is 0 Å². The van der Waals surface area contributed by atoms with Crippen molar-refractivity contribution in [3.8, 4) is 0 Å². The van der Waals surface area contributed by atoms with Gasteiger partial charge in [-0.2, -0.15) is 0 Å². The molecule has 0 radical (unpaired) electrons. The van der Waals surface area contributed by atoms with Crippen molar-refractivity contribution in [2.24, 2.45) is 0 Å². The Hall–Kier alpha value is -1.69. The predicted molar refractivity (Wildman–Crippen MR) is 67.9 cm³/mol. The van der Waals surface area contributed by atoms with E-state index in [1.54, 1.807) is 0 Å². The van der Waals surface area contributed by atoms with Gasteiger partial charge in [-0.3, -0.25) is 0 Å². The van der Waals surface area contributed by atoms with Gasteiger partial charge < -0.3 is 14.9 Å². The molecule has 1 aromatic rings. The van der Waals surface area contributed by atoms with Crippen LogP contribution in [0.1, 0.15) is 23.2 Å². The van der Waals surface area contributed by atoms with Crippen LogP contribution in [0, 0.1) is 0 Å². The van der Waals surface area contributed by atoms with Crippen LogP contribution in [-0.4, -0.2) is 59.2 Å². The maximum absolute atomic E-state index is 11.1. The quantitative estimate of drug-likeness (QED) is 0.852. The molecule has 0 unspecified atom stereocenters. The molecule has 1 aliphatic heterocycles. The molecular weight excluding hydrogens is 232 g/mol. The van der Waals surface area contributed by atoms with E-state index >= 15 is 0 Å². The van der Waals surface area contributed by atoms with E-state index in [0.29, 0.717) is 11.9 Å². The zero-order valence-electron chi connectivity index (χ0n) is 10.7. The number of carboxylic acid groups (broad SMARTS) is 1. The van der Waals surface area contributed by atoms with Gasteiger partial charge in [0.25, 0.3) is 0 Å². The van der Waals surface area contributed by atoms with Crippen molar-refractivity contribution in [1.29, 1.82) is 0 Å². The molecule has 1 N–H and O–H groups in total. The van der Waals surface area contributed by atoms with Crippen LogP contribution in [0.25, 0.3) is 0 Å². The second-order valence-corrected chi connectivity index (χ2v) is 4.71. The normalized spacial score (nSPS) is 17.7. The minimum Gasteiger partial charge on any atom is -0.477 e. The summed E-state index contributed by atoms with van der Waals surface area (Å²) in [5.74, 6) is -0.475. The van der Waals surface area contributed by atoms with Crippen molar-refractivity contribution >= 4 is 11.8 Å². The summed E-state index contributed by atoms with van der Waals surface area (Å²) in [7, 11) is 4.01. The van der Waals surface area contributed by atoms with Crippen molar-refractivity contribution in [3.05, 3.63) is 18.1 Å². The first-order valence-electron chi connectivity index (χ1n) is 6.04. The molecular formula is C12H18N4O2. The Morgan fingerprint density at radius 2 is 2.17 bits per heavy atom. The van der Waals surface area contributed by atoms with Crippen LogP contribution in [0.5, 0.6) is 0 Å². The first kappa shape index (κ1) is 12.8. The van der Waals surface area contributed by atoms with Crippen molar-refractivity contribution in [1.82, 2.24) is 14.9 Å². The van der Waals surface area contributed by atoms with Gasteiger partial charge in [-0.1, -0.05) is 0 Å². The summed E-state index contributed by atoms with van der Waals surface area (Å²) in [6.07, 6.45) is 4.80. The molecule has 0 spiro atoms. The summed E-state index contributed by atoms with van der Waals surface area (Å²) in [6, 6.07) is 0.342. The Bertz CT molecular complexity index is 430. The van der Waals surface area contributed by atoms with Gasteiger partial charge >= 0.3 is 5.97 Å². The molecule has 6 nitrogen and oxygen atoms in total. The molecule has 0 bridgehead atoms. The van der Waals surface area contributed by atoms with Crippen LogP contribution in [0.15, 0.2) is 12.5 Å². The Morgan fingerprint density at radius 1 is 1.50 bits per heavy atom. The Kier molecular flexibility index (Phi) is 3.76. The van der Waals surface area contributed by atoms with Gasteiger partial charge in [-0.25, -0.2) is 14.8 Å². The maximum atomic E-state index is 11.1. The third kappa shape index (κ3) is 2.59. The number of nitrogens with zero attached hydrogens (tertiary/aromatic N) is 4. The van der Waals surface area contributed by atoms with Crippen LogP contribution < -0.4 is 4.90 Å². The average Bonchev–Trinajstić information content (AvgIpc) is 2.39. The lowest BCUT2D eigenvalue weighted by Crippen LogP contribution is -2.42. The molecule has 0 atom stereocenters. The van der Waals surface area contributed by atoms with Crippen LogP contribution >= 0.6 is 0 Å². The van der Waals surface area contributed by atoms with Gasteiger partial charge in [0.15, 0.2) is 0 Å². The Balaban J connectivity index is 2.18. The lowest BCUT2D eigenvalue weighted by Gasteiger charge is -2.36. The van der Waals surface area contributed by atoms with Crippen molar-refractivity contribution in [3.63, 3.8) is 0 Å². The molecule has 0 aliphatic carbocycles. The van der Waals surface area contributed by atoms with Crippen LogP contribution in [0.4, 0.5) is 5.82 Å². The highest BCUT2D eigenvalue weighted by Crippen LogP contribution is 2.22. The van der Waals surface area contributed by atoms with E-state index in [1.165, 1.54) is 12.5 Å². The molecule has 2 rings (SSSR count). The lowest BCUT2D eigenvalue weighted by molar-refractivity contribution is 0.0696. The minimum absolute atomic E-state index is 0.166. The third-order valence-electron chi connectivity index (χ3n) is 3.49. The summed E-state index contributed by atoms with van der Waals surface area (Å²) in [6.45, 7) is 2.06. The molecule has 0 saturated carbocycles. The Labute approximate surface area is 106 Å². The molecule has 98 valence electrons. The molecule has 1 aliphatic rings. The van der Waals surface area contributed by atoms with Gasteiger partial charge in [0.1, 0.15) is 17.7 Å². The van der Waals surface area contributed by atoms with Gasteiger partial charge in [0.2, 0.25) is 0 Å². The smallest absolute Gasteiger partial charge is 0.341 e. The van der Waals surface area contributed by atoms with E-state index in [9.17, 15) is 4.79 Å². The second kappa shape index (κ2) is 5.30. The van der Waals surface area contributed by atoms with Crippen molar-refractivity contribution in [2.75, 3.05) is 32.1 Å². The number of rotatable bonds is 3. The third-order valence-corrected chi connectivity index (χ3v) is 3.49. The number of anilines is 1.